The summed E-state index contributed by atoms with van der Waals surface area (Å²) < 4.78 is 82.4. The fraction of sp³-hybridized carbons (Fsp3) is 0.400. The van der Waals surface area contributed by atoms with Crippen LogP contribution in [0.2, 0.25) is 0 Å². The van der Waals surface area contributed by atoms with E-state index in [4.69, 9.17) is 5.73 Å². The van der Waals surface area contributed by atoms with Gasteiger partial charge in [0.05, 0.1) is 12.7 Å². The summed E-state index contributed by atoms with van der Waals surface area (Å²) in [5, 5.41) is 0. The lowest BCUT2D eigenvalue weighted by atomic mass is 10.1. The van der Waals surface area contributed by atoms with Gasteiger partial charge in [0.2, 0.25) is 5.88 Å². The second-order valence-corrected chi connectivity index (χ2v) is 3.59. The maximum Gasteiger partial charge on any atom is 0.574 e. The van der Waals surface area contributed by atoms with Crippen molar-refractivity contribution in [3.8, 4) is 5.88 Å². The SMILES string of the molecule is COC(=O)c1nc(OC(F)(F)F)c(CN)cc1C(F)(F)F. The molecule has 1 aromatic rings. The molecule has 0 aliphatic heterocycles. The number of rotatable bonds is 3. The first-order chi connectivity index (χ1) is 9.49. The van der Waals surface area contributed by atoms with Crippen molar-refractivity contribution < 1.29 is 40.6 Å². The summed E-state index contributed by atoms with van der Waals surface area (Å²) in [6.45, 7) is -0.705. The standard InChI is InChI=1S/C10H8F6N2O3/c1-20-8(19)6-5(9(11,12)13)2-4(3-17)7(18-6)21-10(14,15)16/h2H,3,17H2,1H3. The second kappa shape index (κ2) is 5.76. The van der Waals surface area contributed by atoms with Gasteiger partial charge in [0.15, 0.2) is 5.69 Å². The van der Waals surface area contributed by atoms with Gasteiger partial charge in [-0.3, -0.25) is 0 Å². The van der Waals surface area contributed by atoms with E-state index in [1.165, 1.54) is 0 Å². The molecule has 0 amide bonds. The molecular weight excluding hydrogens is 310 g/mol. The number of esters is 1. The summed E-state index contributed by atoms with van der Waals surface area (Å²) in [6.07, 6.45) is -10.2. The highest BCUT2D eigenvalue weighted by atomic mass is 19.4. The Kier molecular flexibility index (Phi) is 4.66. The van der Waals surface area contributed by atoms with E-state index in [1.54, 1.807) is 0 Å². The van der Waals surface area contributed by atoms with Crippen molar-refractivity contribution in [1.29, 1.82) is 0 Å². The van der Waals surface area contributed by atoms with E-state index in [1.807, 2.05) is 0 Å². The summed E-state index contributed by atoms with van der Waals surface area (Å²) in [5.74, 6) is -2.80. The molecule has 0 bridgehead atoms. The van der Waals surface area contributed by atoms with Crippen LogP contribution in [0.5, 0.6) is 5.88 Å². The molecule has 11 heteroatoms. The van der Waals surface area contributed by atoms with E-state index < -0.39 is 47.8 Å². The van der Waals surface area contributed by atoms with E-state index >= 15 is 0 Å². The number of ether oxygens (including phenoxy) is 2. The number of nitrogens with two attached hydrogens (primary N) is 1. The Hall–Kier alpha value is -2.04. The van der Waals surface area contributed by atoms with Crippen molar-refractivity contribution in [2.45, 2.75) is 19.1 Å². The first-order valence-electron chi connectivity index (χ1n) is 5.15. The zero-order valence-corrected chi connectivity index (χ0v) is 10.3. The van der Waals surface area contributed by atoms with Crippen molar-refractivity contribution in [2.24, 2.45) is 5.73 Å². The molecule has 0 fully saturated rings. The van der Waals surface area contributed by atoms with Crippen LogP contribution >= 0.6 is 0 Å². The highest BCUT2D eigenvalue weighted by Gasteiger charge is 2.40. The third-order valence-corrected chi connectivity index (χ3v) is 2.18. The molecule has 0 aliphatic carbocycles. The Balaban J connectivity index is 3.52. The minimum absolute atomic E-state index is 0.264. The first-order valence-corrected chi connectivity index (χ1v) is 5.15. The Bertz CT molecular complexity index is 541. The molecule has 0 aliphatic rings. The van der Waals surface area contributed by atoms with Crippen molar-refractivity contribution in [1.82, 2.24) is 4.98 Å². The lowest BCUT2D eigenvalue weighted by Crippen LogP contribution is -2.23. The number of hydrogen-bond donors (Lipinski definition) is 1. The van der Waals surface area contributed by atoms with Crippen molar-refractivity contribution in [3.05, 3.63) is 22.9 Å². The fourth-order valence-electron chi connectivity index (χ4n) is 1.35. The second-order valence-electron chi connectivity index (χ2n) is 3.59. The highest BCUT2D eigenvalue weighted by molar-refractivity contribution is 5.89. The molecule has 1 aromatic heterocycles. The molecule has 2 N–H and O–H groups in total. The van der Waals surface area contributed by atoms with Gasteiger partial charge in [-0.05, 0) is 6.07 Å². The number of nitrogens with zero attached hydrogens (tertiary/aromatic N) is 1. The predicted molar refractivity (Wildman–Crippen MR) is 55.2 cm³/mol. The van der Waals surface area contributed by atoms with Gasteiger partial charge >= 0.3 is 18.5 Å². The third kappa shape index (κ3) is 4.21. The molecule has 0 radical (unpaired) electrons. The molecular formula is C10H8F6N2O3. The minimum atomic E-state index is -5.20. The average Bonchev–Trinajstić information content (AvgIpc) is 2.34. The van der Waals surface area contributed by atoms with E-state index in [9.17, 15) is 31.1 Å². The molecule has 0 saturated carbocycles. The van der Waals surface area contributed by atoms with Crippen LogP contribution in [-0.4, -0.2) is 24.4 Å². The number of pyridine rings is 1. The molecule has 21 heavy (non-hydrogen) atoms. The molecule has 0 atom stereocenters. The fourth-order valence-corrected chi connectivity index (χ4v) is 1.35. The van der Waals surface area contributed by atoms with E-state index in [-0.39, 0.29) is 6.07 Å². The van der Waals surface area contributed by atoms with Crippen LogP contribution in [0.4, 0.5) is 26.3 Å². The van der Waals surface area contributed by atoms with E-state index in [2.05, 4.69) is 14.5 Å². The zero-order chi connectivity index (χ0) is 16.4. The van der Waals surface area contributed by atoms with Crippen LogP contribution in [0.15, 0.2) is 6.07 Å². The normalized spacial score (nSPS) is 12.2. The average molecular weight is 318 g/mol. The van der Waals surface area contributed by atoms with Gasteiger partial charge in [0, 0.05) is 12.1 Å². The molecule has 0 saturated heterocycles. The monoisotopic (exact) mass is 318 g/mol. The number of hydrogen-bond acceptors (Lipinski definition) is 5. The van der Waals surface area contributed by atoms with E-state index in [0.29, 0.717) is 0 Å². The highest BCUT2D eigenvalue weighted by Crippen LogP contribution is 2.35. The summed E-state index contributed by atoms with van der Waals surface area (Å²) in [4.78, 5) is 14.2. The van der Waals surface area contributed by atoms with Gasteiger partial charge in [0.25, 0.3) is 0 Å². The Morgan fingerprint density at radius 2 is 1.86 bits per heavy atom. The summed E-state index contributed by atoms with van der Waals surface area (Å²) in [7, 11) is 0.755. The Morgan fingerprint density at radius 3 is 2.24 bits per heavy atom. The predicted octanol–water partition coefficient (Wildman–Crippen LogP) is 2.24. The minimum Gasteiger partial charge on any atom is -0.464 e. The van der Waals surface area contributed by atoms with Crippen LogP contribution in [0.25, 0.3) is 0 Å². The van der Waals surface area contributed by atoms with Gasteiger partial charge in [-0.1, -0.05) is 0 Å². The molecule has 1 heterocycles. The van der Waals surface area contributed by atoms with Gasteiger partial charge in [-0.15, -0.1) is 13.2 Å². The third-order valence-electron chi connectivity index (χ3n) is 2.18. The zero-order valence-electron chi connectivity index (χ0n) is 10.3. The molecule has 5 nitrogen and oxygen atoms in total. The number of methoxy groups -OCH3 is 1. The number of alkyl halides is 6. The quantitative estimate of drug-likeness (QED) is 0.683. The van der Waals surface area contributed by atoms with E-state index in [0.717, 1.165) is 7.11 Å². The van der Waals surface area contributed by atoms with Crippen molar-refractivity contribution in [3.63, 3.8) is 0 Å². The maximum atomic E-state index is 12.8. The van der Waals surface area contributed by atoms with Crippen LogP contribution in [-0.2, 0) is 17.5 Å². The summed E-state index contributed by atoms with van der Waals surface area (Å²) in [5.41, 5.74) is 1.50. The maximum absolute atomic E-state index is 12.8. The summed E-state index contributed by atoms with van der Waals surface area (Å²) >= 11 is 0. The lowest BCUT2D eigenvalue weighted by Gasteiger charge is -2.16. The Morgan fingerprint density at radius 1 is 1.29 bits per heavy atom. The van der Waals surface area contributed by atoms with Crippen LogP contribution < -0.4 is 10.5 Å². The number of carbonyl (C=O) groups is 1. The van der Waals surface area contributed by atoms with Gasteiger partial charge in [0.1, 0.15) is 0 Å². The van der Waals surface area contributed by atoms with Gasteiger partial charge in [-0.25, -0.2) is 9.78 Å². The van der Waals surface area contributed by atoms with Crippen LogP contribution in [0.1, 0.15) is 21.6 Å². The molecule has 1 rings (SSSR count). The van der Waals surface area contributed by atoms with Crippen molar-refractivity contribution in [2.75, 3.05) is 7.11 Å². The van der Waals surface area contributed by atoms with Crippen LogP contribution in [0.3, 0.4) is 0 Å². The first kappa shape index (κ1) is 17.0. The molecule has 0 spiro atoms. The number of halogens is 6. The molecule has 118 valence electrons. The largest absolute Gasteiger partial charge is 0.574 e. The number of aromatic nitrogens is 1. The van der Waals surface area contributed by atoms with Gasteiger partial charge < -0.3 is 15.2 Å². The lowest BCUT2D eigenvalue weighted by molar-refractivity contribution is -0.276. The topological polar surface area (TPSA) is 74.4 Å². The summed E-state index contributed by atoms with van der Waals surface area (Å²) in [6, 6.07) is 0.264. The van der Waals surface area contributed by atoms with Crippen molar-refractivity contribution >= 4 is 5.97 Å². The number of carbonyl (C=O) groups excluding carboxylic acids is 1. The smallest absolute Gasteiger partial charge is 0.464 e. The molecule has 0 unspecified atom stereocenters. The van der Waals surface area contributed by atoms with Gasteiger partial charge in [-0.2, -0.15) is 13.2 Å². The molecule has 0 aromatic carbocycles. The Labute approximate surface area is 113 Å². The van der Waals surface area contributed by atoms with Crippen LogP contribution in [0, 0.1) is 0 Å².